The van der Waals surface area contributed by atoms with Crippen molar-refractivity contribution in [1.82, 2.24) is 5.01 Å². The summed E-state index contributed by atoms with van der Waals surface area (Å²) in [6, 6.07) is -0.353. The molecular formula is C4H12N3NaO3. The van der Waals surface area contributed by atoms with Gasteiger partial charge in [-0.2, -0.15) is 0 Å². The van der Waals surface area contributed by atoms with E-state index in [1.807, 2.05) is 0 Å². The molecule has 0 spiro atoms. The summed E-state index contributed by atoms with van der Waals surface area (Å²) in [5.74, 6) is 0. The second kappa shape index (κ2) is 6.66. The van der Waals surface area contributed by atoms with E-state index in [1.165, 1.54) is 7.05 Å². The van der Waals surface area contributed by atoms with Crippen LogP contribution in [-0.4, -0.2) is 40.0 Å². The fourth-order valence-corrected chi connectivity index (χ4v) is 0.350. The van der Waals surface area contributed by atoms with E-state index in [2.05, 4.69) is 5.28 Å². The molecule has 0 aromatic rings. The summed E-state index contributed by atoms with van der Waals surface area (Å²) in [7, 11) is 1.41. The van der Waals surface area contributed by atoms with E-state index in [0.717, 1.165) is 5.01 Å². The number of hydrazine groups is 1. The van der Waals surface area contributed by atoms with Crippen molar-refractivity contribution in [2.45, 2.75) is 13.0 Å². The van der Waals surface area contributed by atoms with Gasteiger partial charge in [-0.05, 0) is 6.92 Å². The summed E-state index contributed by atoms with van der Waals surface area (Å²) in [6.45, 7) is 1.46. The van der Waals surface area contributed by atoms with Crippen LogP contribution in [0, 0.1) is 5.21 Å². The first kappa shape index (κ1) is 13.5. The topological polar surface area (TPSA) is 82.1 Å². The molecule has 0 unspecified atom stereocenters. The first-order valence-corrected chi connectivity index (χ1v) is 2.79. The van der Waals surface area contributed by atoms with Crippen LogP contribution in [0.3, 0.4) is 0 Å². The monoisotopic (exact) mass is 173 g/mol. The van der Waals surface area contributed by atoms with Gasteiger partial charge < -0.3 is 16.9 Å². The van der Waals surface area contributed by atoms with Crippen LogP contribution in [0.15, 0.2) is 5.28 Å². The minimum atomic E-state index is -0.353. The molecule has 0 aliphatic carbocycles. The summed E-state index contributed by atoms with van der Waals surface area (Å²) >= 11 is 0. The van der Waals surface area contributed by atoms with E-state index in [0.29, 0.717) is 0 Å². The van der Waals surface area contributed by atoms with Gasteiger partial charge in [0.15, 0.2) is 0 Å². The molecule has 0 heterocycles. The van der Waals surface area contributed by atoms with Crippen molar-refractivity contribution in [2.75, 3.05) is 13.7 Å². The molecule has 6 nitrogen and oxygen atoms in total. The molecule has 7 heteroatoms. The van der Waals surface area contributed by atoms with E-state index < -0.39 is 0 Å². The van der Waals surface area contributed by atoms with E-state index >= 15 is 0 Å². The molecule has 1 atom stereocenters. The maximum atomic E-state index is 10.4. The van der Waals surface area contributed by atoms with E-state index in [-0.39, 0.29) is 48.6 Å². The predicted octanol–water partition coefficient (Wildman–Crippen LogP) is -3.32. The molecule has 0 amide bonds. The number of hydrogen-bond donors (Lipinski definition) is 2. The van der Waals surface area contributed by atoms with Crippen LogP contribution < -0.4 is 29.6 Å². The number of nitrogens with zero attached hydrogens (tertiary/aromatic N) is 3. The Morgan fingerprint density at radius 1 is 1.82 bits per heavy atom. The smallest absolute Gasteiger partial charge is 1.00 e. The molecule has 0 fully saturated rings. The van der Waals surface area contributed by atoms with Crippen molar-refractivity contribution in [3.8, 4) is 0 Å². The average Bonchev–Trinajstić information content (AvgIpc) is 2.00. The fraction of sp³-hybridized carbons (Fsp3) is 1.00. The summed E-state index contributed by atoms with van der Waals surface area (Å²) < 4.78 is 0. The molecule has 0 aliphatic rings. The third kappa shape index (κ3) is 4.41. The summed E-state index contributed by atoms with van der Waals surface area (Å²) in [6.07, 6.45) is 0. The van der Waals surface area contributed by atoms with E-state index in [1.54, 1.807) is 6.92 Å². The number of aliphatic hydroxyl groups is 1. The third-order valence-electron chi connectivity index (χ3n) is 1.25. The maximum Gasteiger partial charge on any atom is 1.00 e. The zero-order valence-corrected chi connectivity index (χ0v) is 8.93. The van der Waals surface area contributed by atoms with Gasteiger partial charge in [-0.15, -0.1) is 5.01 Å². The zero-order valence-electron chi connectivity index (χ0n) is 7.93. The molecule has 0 aromatic heterocycles. The molecular weight excluding hydrogens is 161 g/mol. The summed E-state index contributed by atoms with van der Waals surface area (Å²) in [5.41, 5.74) is 0. The SMILES string of the molecule is C[C@@H](CO)N(C)/[N+]([O-])=N\O.[H-].[Na+]. The maximum absolute atomic E-state index is 10.4. The van der Waals surface area contributed by atoms with E-state index in [4.69, 9.17) is 10.3 Å². The Kier molecular flexibility index (Phi) is 8.20. The van der Waals surface area contributed by atoms with E-state index in [9.17, 15) is 5.21 Å². The zero-order chi connectivity index (χ0) is 8.15. The van der Waals surface area contributed by atoms with Gasteiger partial charge in [0, 0.05) is 0 Å². The Balaban J connectivity index is -0.000000405. The van der Waals surface area contributed by atoms with Crippen molar-refractivity contribution in [3.05, 3.63) is 5.21 Å². The molecule has 62 valence electrons. The second-order valence-electron chi connectivity index (χ2n) is 1.95. The first-order valence-electron chi connectivity index (χ1n) is 2.79. The molecule has 0 bridgehead atoms. The van der Waals surface area contributed by atoms with Crippen molar-refractivity contribution in [1.29, 1.82) is 0 Å². The van der Waals surface area contributed by atoms with Crippen LogP contribution in [0.4, 0.5) is 0 Å². The summed E-state index contributed by atoms with van der Waals surface area (Å²) in [5, 5.41) is 30.3. The number of aliphatic hydroxyl groups excluding tert-OH is 1. The van der Waals surface area contributed by atoms with Crippen LogP contribution in [0.2, 0.25) is 0 Å². The van der Waals surface area contributed by atoms with Crippen LogP contribution in [-0.2, 0) is 0 Å². The van der Waals surface area contributed by atoms with Crippen LogP contribution >= 0.6 is 0 Å². The van der Waals surface area contributed by atoms with Gasteiger partial charge in [-0.25, -0.2) is 0 Å². The Morgan fingerprint density at radius 3 is 2.55 bits per heavy atom. The van der Waals surface area contributed by atoms with Gasteiger partial charge in [-0.1, -0.05) is 0 Å². The Hall–Kier alpha value is -0.0400. The number of rotatable bonds is 3. The largest absolute Gasteiger partial charge is 1.00 e. The number of likely N-dealkylation sites (N-methyl/N-ethyl adjacent to an activating group) is 1. The minimum Gasteiger partial charge on any atom is -1.00 e. The molecule has 0 rings (SSSR count). The standard InChI is InChI=1S/C4H11N3O3.Na.H/c1-4(3-8)6(2)7(10)5-9;;/h4,8-9H,3H2,1-2H3;;/q;+1;-1/b7-5+;;/t4-;;/m0../s1. The molecule has 0 radical (unpaired) electrons. The third-order valence-corrected chi connectivity index (χ3v) is 1.25. The molecule has 11 heavy (non-hydrogen) atoms. The van der Waals surface area contributed by atoms with Gasteiger partial charge in [0.05, 0.1) is 18.6 Å². The molecule has 2 N–H and O–H groups in total. The normalized spacial score (nSPS) is 13.5. The van der Waals surface area contributed by atoms with Crippen molar-refractivity contribution < 1.29 is 46.3 Å². The van der Waals surface area contributed by atoms with Crippen LogP contribution in [0.1, 0.15) is 8.35 Å². The molecule has 0 saturated carbocycles. The molecule has 0 aromatic carbocycles. The minimum absolute atomic E-state index is 0. The number of hydrogen-bond acceptors (Lipinski definition) is 3. The first-order chi connectivity index (χ1) is 4.63. The average molecular weight is 173 g/mol. The summed E-state index contributed by atoms with van der Waals surface area (Å²) in [4.78, 5) is 0.000880. The Labute approximate surface area is 88.4 Å². The van der Waals surface area contributed by atoms with Gasteiger partial charge in [-0.3, -0.25) is 0 Å². The van der Waals surface area contributed by atoms with Crippen LogP contribution in [0.25, 0.3) is 0 Å². The van der Waals surface area contributed by atoms with Crippen molar-refractivity contribution in [2.24, 2.45) is 5.28 Å². The predicted molar refractivity (Wildman–Crippen MR) is 33.3 cm³/mol. The molecule has 0 aliphatic heterocycles. The molecule has 0 saturated heterocycles. The quantitative estimate of drug-likeness (QED) is 0.202. The van der Waals surface area contributed by atoms with Crippen molar-refractivity contribution >= 4 is 0 Å². The Morgan fingerprint density at radius 2 is 2.27 bits per heavy atom. The fourth-order valence-electron chi connectivity index (χ4n) is 0.350. The van der Waals surface area contributed by atoms with Crippen molar-refractivity contribution in [3.63, 3.8) is 0 Å². The Bertz CT molecular complexity index is 137. The van der Waals surface area contributed by atoms with Crippen LogP contribution in [0.5, 0.6) is 0 Å². The van der Waals surface area contributed by atoms with Gasteiger partial charge in [0.25, 0.3) is 0 Å². The van der Waals surface area contributed by atoms with Gasteiger partial charge in [0.1, 0.15) is 6.04 Å². The second-order valence-corrected chi connectivity index (χ2v) is 1.95. The van der Waals surface area contributed by atoms with Gasteiger partial charge in [0.2, 0.25) is 5.28 Å². The van der Waals surface area contributed by atoms with Gasteiger partial charge >= 0.3 is 29.6 Å².